The molecule has 0 saturated heterocycles. The second-order valence-corrected chi connectivity index (χ2v) is 6.01. The van der Waals surface area contributed by atoms with E-state index in [1.165, 1.54) is 0 Å². The quantitative estimate of drug-likeness (QED) is 0.733. The van der Waals surface area contributed by atoms with Crippen LogP contribution in [0.2, 0.25) is 0 Å². The number of carbonyl (C=O) groups excluding carboxylic acids is 1. The fraction of sp³-hybridized carbons (Fsp3) is 0.235. The van der Waals surface area contributed by atoms with Crippen LogP contribution in [-0.4, -0.2) is 10.9 Å². The van der Waals surface area contributed by atoms with Crippen LogP contribution < -0.4 is 11.1 Å². The molecule has 12 heteroatoms. The van der Waals surface area contributed by atoms with Gasteiger partial charge >= 0.3 is 12.4 Å². The number of halogens is 7. The van der Waals surface area contributed by atoms with Crippen LogP contribution in [0.1, 0.15) is 29.3 Å². The summed E-state index contributed by atoms with van der Waals surface area (Å²) in [5.74, 6) is -3.09. The Morgan fingerprint density at radius 1 is 1.10 bits per heavy atom. The molecule has 0 radical (unpaired) electrons. The Balaban J connectivity index is 2.76. The molecule has 1 heterocycles. The lowest BCUT2D eigenvalue weighted by molar-refractivity contribution is -0.145. The molecule has 29 heavy (non-hydrogen) atoms. The predicted molar refractivity (Wildman–Crippen MR) is 85.5 cm³/mol. The third-order valence-corrected chi connectivity index (χ3v) is 4.01. The van der Waals surface area contributed by atoms with Crippen molar-refractivity contribution in [3.63, 3.8) is 0 Å². The van der Waals surface area contributed by atoms with E-state index in [9.17, 15) is 35.5 Å². The first-order valence-electron chi connectivity index (χ1n) is 7.64. The fourth-order valence-corrected chi connectivity index (χ4v) is 2.41. The Labute approximate surface area is 159 Å². The van der Waals surface area contributed by atoms with Crippen molar-refractivity contribution in [2.45, 2.75) is 24.8 Å². The van der Waals surface area contributed by atoms with Crippen LogP contribution >= 0.6 is 0 Å². The summed E-state index contributed by atoms with van der Waals surface area (Å²) in [6, 6.07) is 4.76. The van der Waals surface area contributed by atoms with Crippen molar-refractivity contribution < 1.29 is 35.5 Å². The van der Waals surface area contributed by atoms with Gasteiger partial charge in [-0.25, -0.2) is 9.37 Å². The minimum atomic E-state index is -5.32. The monoisotopic (exact) mass is 420 g/mol. The molecule has 0 aliphatic carbocycles. The standard InChI is InChI=1S/C17H11F7N4O/c1-15(14(26)29,8-2-4-9(18)5-3-8)28-13-10(7-25)11(16(19,20)21)6-12(27-13)17(22,23)24/h2-6H,1H3,(H2,26,29)(H,27,28). The summed E-state index contributed by atoms with van der Waals surface area (Å²) >= 11 is 0. The largest absolute Gasteiger partial charge is 0.433 e. The Morgan fingerprint density at radius 2 is 1.66 bits per heavy atom. The second kappa shape index (κ2) is 7.23. The SMILES string of the molecule is CC(Nc1nc(C(F)(F)F)cc(C(F)(F)F)c1C#N)(C(N)=O)c1ccc(F)cc1. The molecule has 5 nitrogen and oxygen atoms in total. The molecule has 0 bridgehead atoms. The average molecular weight is 420 g/mol. The molecule has 0 aliphatic rings. The van der Waals surface area contributed by atoms with Crippen LogP contribution in [0.25, 0.3) is 0 Å². The molecule has 1 aromatic heterocycles. The van der Waals surface area contributed by atoms with Crippen LogP contribution in [0.15, 0.2) is 30.3 Å². The van der Waals surface area contributed by atoms with Crippen molar-refractivity contribution in [2.75, 3.05) is 5.32 Å². The molecule has 3 N–H and O–H groups in total. The molecular formula is C17H11F7N4O. The van der Waals surface area contributed by atoms with E-state index in [2.05, 4.69) is 10.3 Å². The number of nitrogens with zero attached hydrogens (tertiary/aromatic N) is 2. The van der Waals surface area contributed by atoms with Crippen LogP contribution in [0.4, 0.5) is 36.6 Å². The number of carbonyl (C=O) groups is 1. The first kappa shape index (κ1) is 21.9. The highest BCUT2D eigenvalue weighted by Crippen LogP contribution is 2.40. The lowest BCUT2D eigenvalue weighted by Crippen LogP contribution is -2.45. The zero-order valence-corrected chi connectivity index (χ0v) is 14.4. The Bertz CT molecular complexity index is 977. The molecule has 2 aromatic rings. The number of anilines is 1. The van der Waals surface area contributed by atoms with E-state index in [4.69, 9.17) is 11.0 Å². The maximum absolute atomic E-state index is 13.2. The molecule has 154 valence electrons. The first-order chi connectivity index (χ1) is 13.2. The van der Waals surface area contributed by atoms with E-state index >= 15 is 0 Å². The van der Waals surface area contributed by atoms with E-state index in [-0.39, 0.29) is 11.6 Å². The predicted octanol–water partition coefficient (Wildman–Crippen LogP) is 3.94. The average Bonchev–Trinajstić information content (AvgIpc) is 2.59. The number of pyridine rings is 1. The first-order valence-corrected chi connectivity index (χ1v) is 7.64. The van der Waals surface area contributed by atoms with Gasteiger partial charge in [-0.2, -0.15) is 31.6 Å². The molecule has 2 rings (SSSR count). The van der Waals surface area contributed by atoms with Crippen LogP contribution in [0.5, 0.6) is 0 Å². The maximum Gasteiger partial charge on any atom is 0.433 e. The molecule has 1 aromatic carbocycles. The Kier molecular flexibility index (Phi) is 5.47. The van der Waals surface area contributed by atoms with Gasteiger partial charge < -0.3 is 11.1 Å². The van der Waals surface area contributed by atoms with Crippen molar-refractivity contribution in [1.82, 2.24) is 4.98 Å². The summed E-state index contributed by atoms with van der Waals surface area (Å²) < 4.78 is 92.0. The number of hydrogen-bond acceptors (Lipinski definition) is 4. The number of aromatic nitrogens is 1. The summed E-state index contributed by atoms with van der Waals surface area (Å²) in [4.78, 5) is 15.0. The topological polar surface area (TPSA) is 91.8 Å². The van der Waals surface area contributed by atoms with Gasteiger partial charge in [0, 0.05) is 0 Å². The lowest BCUT2D eigenvalue weighted by atomic mass is 9.90. The molecule has 0 aliphatic heterocycles. The van der Waals surface area contributed by atoms with Crippen molar-refractivity contribution >= 4 is 11.7 Å². The van der Waals surface area contributed by atoms with Crippen molar-refractivity contribution in [1.29, 1.82) is 5.26 Å². The van der Waals surface area contributed by atoms with Crippen LogP contribution in [0.3, 0.4) is 0 Å². The van der Waals surface area contributed by atoms with Crippen molar-refractivity contribution in [3.8, 4) is 6.07 Å². The normalized spacial score (nSPS) is 14.0. The van der Waals surface area contributed by atoms with Crippen LogP contribution in [0, 0.1) is 17.1 Å². The highest BCUT2D eigenvalue weighted by atomic mass is 19.4. The summed E-state index contributed by atoms with van der Waals surface area (Å²) in [5.41, 5.74) is -2.00. The molecular weight excluding hydrogens is 409 g/mol. The van der Waals surface area contributed by atoms with Crippen molar-refractivity contribution in [3.05, 3.63) is 58.5 Å². The molecule has 0 spiro atoms. The summed E-state index contributed by atoms with van der Waals surface area (Å²) in [6.45, 7) is 1.04. The third kappa shape index (κ3) is 4.39. The van der Waals surface area contributed by atoms with Gasteiger partial charge in [0.25, 0.3) is 0 Å². The molecule has 0 fully saturated rings. The van der Waals surface area contributed by atoms with Gasteiger partial charge in [-0.1, -0.05) is 12.1 Å². The minimum Gasteiger partial charge on any atom is -0.367 e. The van der Waals surface area contributed by atoms with Gasteiger partial charge in [0.1, 0.15) is 34.5 Å². The molecule has 1 unspecified atom stereocenters. The van der Waals surface area contributed by atoms with Gasteiger partial charge in [0.2, 0.25) is 5.91 Å². The van der Waals surface area contributed by atoms with E-state index in [0.717, 1.165) is 37.3 Å². The van der Waals surface area contributed by atoms with Gasteiger partial charge in [-0.3, -0.25) is 4.79 Å². The van der Waals surface area contributed by atoms with Crippen LogP contribution in [-0.2, 0) is 22.7 Å². The number of alkyl halides is 6. The summed E-state index contributed by atoms with van der Waals surface area (Å²) in [5, 5.41) is 11.2. The van der Waals surface area contributed by atoms with E-state index < -0.39 is 52.3 Å². The summed E-state index contributed by atoms with van der Waals surface area (Å²) in [7, 11) is 0. The third-order valence-electron chi connectivity index (χ3n) is 4.01. The number of rotatable bonds is 4. The fourth-order valence-electron chi connectivity index (χ4n) is 2.41. The second-order valence-electron chi connectivity index (χ2n) is 6.01. The smallest absolute Gasteiger partial charge is 0.367 e. The Hall–Kier alpha value is -3.36. The number of benzene rings is 1. The number of hydrogen-bond donors (Lipinski definition) is 2. The maximum atomic E-state index is 13.2. The molecule has 1 amide bonds. The van der Waals surface area contributed by atoms with Gasteiger partial charge in [-0.05, 0) is 30.7 Å². The van der Waals surface area contributed by atoms with E-state index in [1.807, 2.05) is 0 Å². The number of amides is 1. The number of nitriles is 1. The number of nitrogens with one attached hydrogen (secondary N) is 1. The summed E-state index contributed by atoms with van der Waals surface area (Å²) in [6.07, 6.45) is -10.6. The minimum absolute atomic E-state index is 0.0805. The Morgan fingerprint density at radius 3 is 2.07 bits per heavy atom. The zero-order valence-electron chi connectivity index (χ0n) is 14.4. The van der Waals surface area contributed by atoms with E-state index in [1.54, 1.807) is 0 Å². The number of nitrogens with two attached hydrogens (primary N) is 1. The highest BCUT2D eigenvalue weighted by molar-refractivity contribution is 5.89. The zero-order chi connectivity index (χ0) is 22.2. The number of primary amides is 1. The van der Waals surface area contributed by atoms with Gasteiger partial charge in [-0.15, -0.1) is 0 Å². The molecule has 0 saturated carbocycles. The van der Waals surface area contributed by atoms with Gasteiger partial charge in [0.15, 0.2) is 0 Å². The molecule has 1 atom stereocenters. The highest BCUT2D eigenvalue weighted by Gasteiger charge is 2.43. The van der Waals surface area contributed by atoms with Crippen molar-refractivity contribution in [2.24, 2.45) is 5.73 Å². The van der Waals surface area contributed by atoms with Gasteiger partial charge in [0.05, 0.1) is 5.56 Å². The lowest BCUT2D eigenvalue weighted by Gasteiger charge is -2.29. The van der Waals surface area contributed by atoms with E-state index in [0.29, 0.717) is 0 Å².